The Morgan fingerprint density at radius 3 is 3.18 bits per heavy atom. The van der Waals surface area contributed by atoms with Gasteiger partial charge in [-0.05, 0) is 30.9 Å². The van der Waals surface area contributed by atoms with Crippen molar-refractivity contribution in [1.29, 1.82) is 0 Å². The van der Waals surface area contributed by atoms with E-state index in [9.17, 15) is 4.79 Å². The Labute approximate surface area is 99.2 Å². The minimum Gasteiger partial charge on any atom is -0.381 e. The smallest absolute Gasteiger partial charge is 0.151 e. The van der Waals surface area contributed by atoms with Gasteiger partial charge in [0.25, 0.3) is 0 Å². The molecule has 0 radical (unpaired) electrons. The van der Waals surface area contributed by atoms with Crippen LogP contribution in [0.15, 0.2) is 24.5 Å². The van der Waals surface area contributed by atoms with E-state index in [1.165, 1.54) is 0 Å². The van der Waals surface area contributed by atoms with Crippen LogP contribution in [0.5, 0.6) is 0 Å². The highest BCUT2D eigenvalue weighted by atomic mass is 16.5. The summed E-state index contributed by atoms with van der Waals surface area (Å²) < 4.78 is 7.27. The highest BCUT2D eigenvalue weighted by Gasteiger charge is 2.17. The first-order valence-electron chi connectivity index (χ1n) is 5.86. The first kappa shape index (κ1) is 10.5. The summed E-state index contributed by atoms with van der Waals surface area (Å²) in [5.41, 5.74) is 2.64. The Morgan fingerprint density at radius 1 is 1.47 bits per heavy atom. The molecule has 1 unspecified atom stereocenters. The summed E-state index contributed by atoms with van der Waals surface area (Å²) in [5, 5.41) is 0. The Morgan fingerprint density at radius 2 is 2.41 bits per heavy atom. The zero-order valence-electron chi connectivity index (χ0n) is 9.50. The van der Waals surface area contributed by atoms with Crippen molar-refractivity contribution in [2.75, 3.05) is 13.2 Å². The van der Waals surface area contributed by atoms with Gasteiger partial charge < -0.3 is 9.14 Å². The molecule has 17 heavy (non-hydrogen) atoms. The number of carbonyl (C=O) groups is 1. The fourth-order valence-corrected chi connectivity index (χ4v) is 2.27. The van der Waals surface area contributed by atoms with E-state index in [1.807, 2.05) is 22.9 Å². The second-order valence-corrected chi connectivity index (χ2v) is 4.51. The minimum atomic E-state index is 0.588. The van der Waals surface area contributed by atoms with Crippen molar-refractivity contribution in [2.24, 2.45) is 5.92 Å². The molecule has 0 amide bonds. The monoisotopic (exact) mass is 230 g/mol. The molecule has 0 N–H and O–H groups in total. The van der Waals surface area contributed by atoms with Gasteiger partial charge in [0.05, 0.1) is 5.69 Å². The van der Waals surface area contributed by atoms with Crippen molar-refractivity contribution >= 4 is 11.9 Å². The van der Waals surface area contributed by atoms with E-state index in [0.29, 0.717) is 11.5 Å². The largest absolute Gasteiger partial charge is 0.381 e. The molecule has 1 aliphatic rings. The quantitative estimate of drug-likeness (QED) is 0.754. The van der Waals surface area contributed by atoms with Crippen LogP contribution < -0.4 is 0 Å². The van der Waals surface area contributed by atoms with Gasteiger partial charge in [0.2, 0.25) is 0 Å². The SMILES string of the molecule is O=Cc1ccc2nc(CC3CCOC3)cn2c1. The molecule has 1 saturated heterocycles. The number of ether oxygens (including phenoxy) is 1. The van der Waals surface area contributed by atoms with Crippen LogP contribution in [0.1, 0.15) is 22.5 Å². The molecule has 88 valence electrons. The fraction of sp³-hybridized carbons (Fsp3) is 0.385. The van der Waals surface area contributed by atoms with Crippen LogP contribution in [0, 0.1) is 5.92 Å². The maximum absolute atomic E-state index is 10.7. The van der Waals surface area contributed by atoms with Crippen molar-refractivity contribution in [1.82, 2.24) is 9.38 Å². The lowest BCUT2D eigenvalue weighted by molar-refractivity contribution is 0.112. The summed E-state index contributed by atoms with van der Waals surface area (Å²) >= 11 is 0. The first-order valence-corrected chi connectivity index (χ1v) is 5.86. The molecule has 1 aliphatic heterocycles. The number of aldehydes is 1. The number of carbonyl (C=O) groups excluding carboxylic acids is 1. The lowest BCUT2D eigenvalue weighted by atomic mass is 10.0. The Hall–Kier alpha value is -1.68. The highest BCUT2D eigenvalue weighted by Crippen LogP contribution is 2.18. The molecule has 0 aliphatic carbocycles. The standard InChI is InChI=1S/C13H14N2O2/c16-8-11-1-2-13-14-12(7-15(13)6-11)5-10-3-4-17-9-10/h1-2,6-8,10H,3-5,9H2. The van der Waals surface area contributed by atoms with Crippen LogP contribution in [0.4, 0.5) is 0 Å². The van der Waals surface area contributed by atoms with Crippen molar-refractivity contribution in [3.63, 3.8) is 0 Å². The number of hydrogen-bond donors (Lipinski definition) is 0. The van der Waals surface area contributed by atoms with Gasteiger partial charge in [-0.3, -0.25) is 4.79 Å². The maximum atomic E-state index is 10.7. The second kappa shape index (κ2) is 4.30. The third-order valence-corrected chi connectivity index (χ3v) is 3.18. The van der Waals surface area contributed by atoms with Gasteiger partial charge in [-0.25, -0.2) is 4.98 Å². The lowest BCUT2D eigenvalue weighted by Gasteiger charge is -2.02. The number of rotatable bonds is 3. The molecule has 2 aromatic rings. The van der Waals surface area contributed by atoms with Crippen molar-refractivity contribution in [3.8, 4) is 0 Å². The molecule has 0 spiro atoms. The van der Waals surface area contributed by atoms with Crippen molar-refractivity contribution < 1.29 is 9.53 Å². The molecule has 2 aromatic heterocycles. The summed E-state index contributed by atoms with van der Waals surface area (Å²) in [6.45, 7) is 1.71. The normalized spacial score (nSPS) is 19.9. The van der Waals surface area contributed by atoms with Gasteiger partial charge in [0.1, 0.15) is 5.65 Å². The fourth-order valence-electron chi connectivity index (χ4n) is 2.27. The van der Waals surface area contributed by atoms with E-state index in [1.54, 1.807) is 6.07 Å². The van der Waals surface area contributed by atoms with Crippen molar-refractivity contribution in [3.05, 3.63) is 35.8 Å². The molecule has 3 rings (SSSR count). The number of nitrogens with zero attached hydrogens (tertiary/aromatic N) is 2. The predicted octanol–water partition coefficient (Wildman–Crippen LogP) is 1.73. The number of hydrogen-bond acceptors (Lipinski definition) is 3. The van der Waals surface area contributed by atoms with Crippen LogP contribution in [0.2, 0.25) is 0 Å². The molecular formula is C13H14N2O2. The zero-order valence-corrected chi connectivity index (χ0v) is 9.50. The third-order valence-electron chi connectivity index (χ3n) is 3.18. The molecular weight excluding hydrogens is 216 g/mol. The van der Waals surface area contributed by atoms with E-state index >= 15 is 0 Å². The number of imidazole rings is 1. The van der Waals surface area contributed by atoms with Gasteiger partial charge >= 0.3 is 0 Å². The van der Waals surface area contributed by atoms with Gasteiger partial charge in [-0.1, -0.05) is 0 Å². The summed E-state index contributed by atoms with van der Waals surface area (Å²) in [6, 6.07) is 3.66. The van der Waals surface area contributed by atoms with Crippen molar-refractivity contribution in [2.45, 2.75) is 12.8 Å². The average molecular weight is 230 g/mol. The van der Waals surface area contributed by atoms with Crippen LogP contribution in [0.25, 0.3) is 5.65 Å². The molecule has 0 saturated carbocycles. The van der Waals surface area contributed by atoms with Crippen LogP contribution >= 0.6 is 0 Å². The van der Waals surface area contributed by atoms with E-state index in [0.717, 1.165) is 43.7 Å². The van der Waals surface area contributed by atoms with Gasteiger partial charge in [-0.15, -0.1) is 0 Å². The van der Waals surface area contributed by atoms with E-state index < -0.39 is 0 Å². The van der Waals surface area contributed by atoms with Crippen LogP contribution in [-0.2, 0) is 11.2 Å². The third kappa shape index (κ3) is 2.08. The molecule has 0 bridgehead atoms. The molecule has 1 atom stereocenters. The zero-order chi connectivity index (χ0) is 11.7. The number of aromatic nitrogens is 2. The topological polar surface area (TPSA) is 43.6 Å². The lowest BCUT2D eigenvalue weighted by Crippen LogP contribution is -2.03. The second-order valence-electron chi connectivity index (χ2n) is 4.51. The molecule has 1 fully saturated rings. The van der Waals surface area contributed by atoms with Gasteiger partial charge in [-0.2, -0.15) is 0 Å². The Bertz CT molecular complexity index is 541. The number of fused-ring (bicyclic) bond motifs is 1. The Balaban J connectivity index is 1.87. The van der Waals surface area contributed by atoms with Crippen LogP contribution in [-0.4, -0.2) is 28.9 Å². The van der Waals surface area contributed by atoms with E-state index in [-0.39, 0.29) is 0 Å². The van der Waals surface area contributed by atoms with E-state index in [2.05, 4.69) is 4.98 Å². The van der Waals surface area contributed by atoms with Gasteiger partial charge in [0, 0.05) is 31.2 Å². The predicted molar refractivity (Wildman–Crippen MR) is 63.2 cm³/mol. The summed E-state index contributed by atoms with van der Waals surface area (Å²) in [4.78, 5) is 15.2. The van der Waals surface area contributed by atoms with Gasteiger partial charge in [0.15, 0.2) is 6.29 Å². The highest BCUT2D eigenvalue weighted by molar-refractivity contribution is 5.74. The molecule has 3 heterocycles. The average Bonchev–Trinajstić information content (AvgIpc) is 2.96. The Kier molecular flexibility index (Phi) is 2.65. The van der Waals surface area contributed by atoms with Crippen LogP contribution in [0.3, 0.4) is 0 Å². The molecule has 4 heteroatoms. The molecule has 4 nitrogen and oxygen atoms in total. The van der Waals surface area contributed by atoms with E-state index in [4.69, 9.17) is 4.74 Å². The summed E-state index contributed by atoms with van der Waals surface area (Å²) in [5.74, 6) is 0.588. The minimum absolute atomic E-state index is 0.588. The number of pyridine rings is 1. The summed E-state index contributed by atoms with van der Waals surface area (Å²) in [7, 11) is 0. The summed E-state index contributed by atoms with van der Waals surface area (Å²) in [6.07, 6.45) is 6.74. The maximum Gasteiger partial charge on any atom is 0.151 e. The first-order chi connectivity index (χ1) is 8.35. The molecule has 0 aromatic carbocycles.